The summed E-state index contributed by atoms with van der Waals surface area (Å²) in [6, 6.07) is -0.0425. The Labute approximate surface area is 78.9 Å². The summed E-state index contributed by atoms with van der Waals surface area (Å²) >= 11 is 0. The first-order valence-corrected chi connectivity index (χ1v) is 4.81. The highest BCUT2D eigenvalue weighted by Crippen LogP contribution is 2.09. The van der Waals surface area contributed by atoms with Crippen LogP contribution >= 0.6 is 0 Å². The normalized spacial score (nSPS) is 27.6. The first-order valence-electron chi connectivity index (χ1n) is 4.81. The molecule has 0 spiro atoms. The van der Waals surface area contributed by atoms with Gasteiger partial charge in [0.25, 0.3) is 0 Å². The number of β-amino-alcohol motifs (C(OH)–C–C–N with tert-alkyl or cyclic N) is 1. The molecule has 0 saturated carbocycles. The van der Waals surface area contributed by atoms with Gasteiger partial charge in [-0.3, -0.25) is 4.79 Å². The van der Waals surface area contributed by atoms with E-state index in [2.05, 4.69) is 5.32 Å². The molecule has 0 bridgehead atoms. The molecule has 0 aliphatic carbocycles. The van der Waals surface area contributed by atoms with E-state index in [1.165, 1.54) is 0 Å². The van der Waals surface area contributed by atoms with Crippen LogP contribution in [-0.2, 0) is 4.79 Å². The number of aliphatic hydroxyl groups excluding tert-OH is 1. The van der Waals surface area contributed by atoms with Crippen LogP contribution in [0.15, 0.2) is 0 Å². The summed E-state index contributed by atoms with van der Waals surface area (Å²) in [5.74, 6) is 0.121. The van der Waals surface area contributed by atoms with Crippen molar-refractivity contribution >= 4 is 5.91 Å². The van der Waals surface area contributed by atoms with E-state index in [0.717, 1.165) is 6.42 Å². The summed E-state index contributed by atoms with van der Waals surface area (Å²) in [5.41, 5.74) is 0. The van der Waals surface area contributed by atoms with Crippen LogP contribution in [0.1, 0.15) is 19.8 Å². The van der Waals surface area contributed by atoms with Crippen LogP contribution in [0.2, 0.25) is 0 Å². The molecule has 4 nitrogen and oxygen atoms in total. The van der Waals surface area contributed by atoms with Crippen molar-refractivity contribution in [3.05, 3.63) is 0 Å². The van der Waals surface area contributed by atoms with Crippen molar-refractivity contribution < 1.29 is 9.90 Å². The van der Waals surface area contributed by atoms with Crippen molar-refractivity contribution in [3.63, 3.8) is 0 Å². The maximum absolute atomic E-state index is 11.5. The lowest BCUT2D eigenvalue weighted by Gasteiger charge is -2.26. The Morgan fingerprint density at radius 1 is 1.62 bits per heavy atom. The monoisotopic (exact) mass is 186 g/mol. The molecule has 0 unspecified atom stereocenters. The first kappa shape index (κ1) is 10.5. The molecule has 1 fully saturated rings. The quantitative estimate of drug-likeness (QED) is 0.629. The third kappa shape index (κ3) is 2.42. The molecular formula is C9H18N2O2. The molecule has 13 heavy (non-hydrogen) atoms. The van der Waals surface area contributed by atoms with E-state index in [-0.39, 0.29) is 11.9 Å². The molecule has 4 heteroatoms. The van der Waals surface area contributed by atoms with Crippen molar-refractivity contribution in [2.24, 2.45) is 0 Å². The molecule has 0 aromatic heterocycles. The molecule has 1 rings (SSSR count). The number of hydrogen-bond donors (Lipinski definition) is 2. The van der Waals surface area contributed by atoms with E-state index < -0.39 is 6.10 Å². The highest BCUT2D eigenvalue weighted by atomic mass is 16.3. The molecule has 1 heterocycles. The Balaban J connectivity index is 2.45. The van der Waals surface area contributed by atoms with Gasteiger partial charge in [-0.2, -0.15) is 0 Å². The van der Waals surface area contributed by atoms with E-state index in [1.54, 1.807) is 11.9 Å². The first-order chi connectivity index (χ1) is 6.16. The van der Waals surface area contributed by atoms with Crippen LogP contribution in [0, 0.1) is 0 Å². The largest absolute Gasteiger partial charge is 0.390 e. The van der Waals surface area contributed by atoms with Gasteiger partial charge in [-0.05, 0) is 6.42 Å². The average Bonchev–Trinajstić information content (AvgIpc) is 2.50. The van der Waals surface area contributed by atoms with Crippen LogP contribution in [0.4, 0.5) is 0 Å². The molecule has 1 aliphatic heterocycles. The highest BCUT2D eigenvalue weighted by Gasteiger charge is 2.30. The minimum absolute atomic E-state index is 0.0425. The third-order valence-electron chi connectivity index (χ3n) is 2.51. The zero-order valence-corrected chi connectivity index (χ0v) is 8.29. The third-order valence-corrected chi connectivity index (χ3v) is 2.51. The summed E-state index contributed by atoms with van der Waals surface area (Å²) < 4.78 is 0. The van der Waals surface area contributed by atoms with E-state index in [9.17, 15) is 9.90 Å². The summed E-state index contributed by atoms with van der Waals surface area (Å²) in [5, 5.41) is 12.6. The second kappa shape index (κ2) is 4.58. The number of rotatable bonds is 3. The standard InChI is InChI=1S/C9H18N2O2/c1-3-4-9(13)11(2)7-5-10-6-8(7)12/h7-8,10,12H,3-6H2,1-2H3/t7-,8-/m0/s1. The maximum Gasteiger partial charge on any atom is 0.222 e. The fourth-order valence-electron chi connectivity index (χ4n) is 1.62. The predicted octanol–water partition coefficient (Wildman–Crippen LogP) is -0.422. The van der Waals surface area contributed by atoms with Gasteiger partial charge in [0.05, 0.1) is 12.1 Å². The zero-order chi connectivity index (χ0) is 9.84. The fraction of sp³-hybridized carbons (Fsp3) is 0.889. The van der Waals surface area contributed by atoms with Crippen molar-refractivity contribution in [3.8, 4) is 0 Å². The summed E-state index contributed by atoms with van der Waals surface area (Å²) in [6.45, 7) is 3.27. The van der Waals surface area contributed by atoms with Crippen LogP contribution < -0.4 is 5.32 Å². The lowest BCUT2D eigenvalue weighted by atomic mass is 10.1. The van der Waals surface area contributed by atoms with Crippen LogP contribution in [0.25, 0.3) is 0 Å². The molecule has 2 N–H and O–H groups in total. The van der Waals surface area contributed by atoms with Gasteiger partial charge in [0, 0.05) is 26.6 Å². The van der Waals surface area contributed by atoms with Gasteiger partial charge in [-0.1, -0.05) is 6.92 Å². The van der Waals surface area contributed by atoms with Crippen molar-refractivity contribution in [1.82, 2.24) is 10.2 Å². The van der Waals surface area contributed by atoms with Gasteiger partial charge in [0.2, 0.25) is 5.91 Å². The lowest BCUT2D eigenvalue weighted by Crippen LogP contribution is -2.44. The van der Waals surface area contributed by atoms with Gasteiger partial charge in [-0.25, -0.2) is 0 Å². The molecule has 2 atom stereocenters. The Kier molecular flexibility index (Phi) is 3.69. The second-order valence-corrected chi connectivity index (χ2v) is 3.55. The van der Waals surface area contributed by atoms with Crippen molar-refractivity contribution in [2.75, 3.05) is 20.1 Å². The van der Waals surface area contributed by atoms with Gasteiger partial charge in [-0.15, -0.1) is 0 Å². The number of aliphatic hydroxyl groups is 1. The Morgan fingerprint density at radius 2 is 2.31 bits per heavy atom. The smallest absolute Gasteiger partial charge is 0.222 e. The number of amides is 1. The van der Waals surface area contributed by atoms with E-state index in [4.69, 9.17) is 0 Å². The highest BCUT2D eigenvalue weighted by molar-refractivity contribution is 5.76. The zero-order valence-electron chi connectivity index (χ0n) is 8.29. The van der Waals surface area contributed by atoms with Crippen LogP contribution in [0.3, 0.4) is 0 Å². The maximum atomic E-state index is 11.5. The van der Waals surface area contributed by atoms with E-state index >= 15 is 0 Å². The van der Waals surface area contributed by atoms with Gasteiger partial charge in [0.15, 0.2) is 0 Å². The summed E-state index contributed by atoms with van der Waals surface area (Å²) in [7, 11) is 1.76. The van der Waals surface area contributed by atoms with Crippen molar-refractivity contribution in [1.29, 1.82) is 0 Å². The molecule has 1 amide bonds. The second-order valence-electron chi connectivity index (χ2n) is 3.55. The number of carbonyl (C=O) groups is 1. The summed E-state index contributed by atoms with van der Waals surface area (Å²) in [4.78, 5) is 13.1. The number of likely N-dealkylation sites (N-methyl/N-ethyl adjacent to an activating group) is 1. The number of carbonyl (C=O) groups excluding carboxylic acids is 1. The van der Waals surface area contributed by atoms with E-state index in [1.807, 2.05) is 6.92 Å². The van der Waals surface area contributed by atoms with Gasteiger partial charge in [0.1, 0.15) is 0 Å². The Bertz CT molecular complexity index is 184. The number of nitrogens with one attached hydrogen (secondary N) is 1. The lowest BCUT2D eigenvalue weighted by molar-refractivity contribution is -0.133. The molecule has 0 radical (unpaired) electrons. The van der Waals surface area contributed by atoms with E-state index in [0.29, 0.717) is 19.5 Å². The predicted molar refractivity (Wildman–Crippen MR) is 50.3 cm³/mol. The number of nitrogens with zero attached hydrogens (tertiary/aromatic N) is 1. The van der Waals surface area contributed by atoms with Crippen LogP contribution in [0.5, 0.6) is 0 Å². The van der Waals surface area contributed by atoms with Gasteiger partial charge < -0.3 is 15.3 Å². The molecule has 0 aromatic carbocycles. The molecule has 0 aromatic rings. The van der Waals surface area contributed by atoms with Crippen molar-refractivity contribution in [2.45, 2.75) is 31.9 Å². The Hall–Kier alpha value is -0.610. The number of hydrogen-bond acceptors (Lipinski definition) is 3. The molecule has 1 saturated heterocycles. The minimum Gasteiger partial charge on any atom is -0.390 e. The topological polar surface area (TPSA) is 52.6 Å². The molecular weight excluding hydrogens is 168 g/mol. The summed E-state index contributed by atoms with van der Waals surface area (Å²) in [6.07, 6.45) is 1.02. The minimum atomic E-state index is -0.411. The van der Waals surface area contributed by atoms with Crippen LogP contribution in [-0.4, -0.2) is 48.2 Å². The fourth-order valence-corrected chi connectivity index (χ4v) is 1.62. The SMILES string of the molecule is CCCC(=O)N(C)[C@H]1CNC[C@@H]1O. The molecule has 1 aliphatic rings. The molecule has 76 valence electrons. The Morgan fingerprint density at radius 3 is 2.77 bits per heavy atom. The average molecular weight is 186 g/mol. The van der Waals surface area contributed by atoms with Gasteiger partial charge >= 0.3 is 0 Å².